The van der Waals surface area contributed by atoms with Crippen LogP contribution in [0.4, 0.5) is 0 Å². The van der Waals surface area contributed by atoms with Crippen molar-refractivity contribution in [3.63, 3.8) is 0 Å². The van der Waals surface area contributed by atoms with Gasteiger partial charge in [-0.2, -0.15) is 0 Å². The monoisotopic (exact) mass is 996 g/mol. The van der Waals surface area contributed by atoms with Gasteiger partial charge in [0.25, 0.3) is 0 Å². The molecule has 0 fully saturated rings. The summed E-state index contributed by atoms with van der Waals surface area (Å²) in [6.45, 7) is 4.87. The third-order valence-electron chi connectivity index (χ3n) is 14.3. The van der Waals surface area contributed by atoms with Crippen LogP contribution in [-0.2, 0) is 14.3 Å². The largest absolute Gasteiger partial charge is 0.466 e. The molecule has 1 amide bonds. The predicted molar refractivity (Wildman–Crippen MR) is 310 cm³/mol. The molecule has 0 bridgehead atoms. The number of nitrogens with one attached hydrogen (secondary N) is 1. The van der Waals surface area contributed by atoms with Crippen LogP contribution in [0.2, 0.25) is 0 Å². The highest BCUT2D eigenvalue weighted by atomic mass is 16.5. The minimum atomic E-state index is -0.857. The molecule has 0 aromatic heterocycles. The lowest BCUT2D eigenvalue weighted by Gasteiger charge is -2.20. The zero-order valence-corrected chi connectivity index (χ0v) is 47.5. The van der Waals surface area contributed by atoms with Crippen molar-refractivity contribution in [2.45, 2.75) is 341 Å². The van der Waals surface area contributed by atoms with E-state index in [4.69, 9.17) is 4.74 Å². The SMILES string of the molecule is CCCCCCCCC/C=C\CCCCCCCCCC(=O)OCCCCC/C=C\C/C=C\CCCCCCCCCC(=O)NC(CO)C(O)/C=C/CCCCCCCCCCCCCCCCCCC. The van der Waals surface area contributed by atoms with Gasteiger partial charge in [0, 0.05) is 12.8 Å². The number of carbonyl (C=O) groups excluding carboxylic acids is 2. The molecule has 0 spiro atoms. The molecule has 2 atom stereocenters. The van der Waals surface area contributed by atoms with Crippen LogP contribution in [0, 0.1) is 0 Å². The van der Waals surface area contributed by atoms with E-state index in [-0.39, 0.29) is 18.5 Å². The maximum absolute atomic E-state index is 12.5. The molecule has 0 rings (SSSR count). The Morgan fingerprint density at radius 3 is 1.08 bits per heavy atom. The number of carbonyl (C=O) groups is 2. The standard InChI is InChI=1S/C65H121NO5/c1-3-5-7-9-11-13-15-17-19-21-23-25-29-33-37-41-45-49-53-57-63(68)62(61-67)66-64(69)58-54-50-46-42-38-34-30-26-24-28-32-36-40-44-48-52-56-60-71-65(70)59-55-51-47-43-39-35-31-27-22-20-18-16-14-12-10-8-6-4-2/h20,22,24,28,36,40,53,57,62-63,67-68H,3-19,21,23,25-27,29-35,37-39,41-52,54-56,58-61H2,1-2H3,(H,66,69)/b22-20-,28-24-,40-36-,57-53+. The Kier molecular flexibility index (Phi) is 58.5. The second-order valence-corrected chi connectivity index (χ2v) is 21.4. The second-order valence-electron chi connectivity index (χ2n) is 21.4. The topological polar surface area (TPSA) is 95.9 Å². The first-order valence-corrected chi connectivity index (χ1v) is 31.4. The third kappa shape index (κ3) is 57.0. The lowest BCUT2D eigenvalue weighted by molar-refractivity contribution is -0.143. The minimum Gasteiger partial charge on any atom is -0.466 e. The summed E-state index contributed by atoms with van der Waals surface area (Å²) in [5.74, 6) is -0.102. The Balaban J connectivity index is 3.52. The van der Waals surface area contributed by atoms with E-state index in [1.165, 1.54) is 218 Å². The second kappa shape index (κ2) is 60.4. The first kappa shape index (κ1) is 68.8. The molecule has 0 aliphatic heterocycles. The fourth-order valence-corrected chi connectivity index (χ4v) is 9.48. The van der Waals surface area contributed by atoms with Gasteiger partial charge in [0.15, 0.2) is 0 Å². The summed E-state index contributed by atoms with van der Waals surface area (Å²) in [6.07, 6.45) is 77.2. The summed E-state index contributed by atoms with van der Waals surface area (Å²) in [4.78, 5) is 24.6. The molecular formula is C65H121NO5. The average molecular weight is 997 g/mol. The number of aliphatic hydroxyl groups is 2. The Bertz CT molecular complexity index is 1190. The van der Waals surface area contributed by atoms with Crippen LogP contribution in [0.3, 0.4) is 0 Å². The number of unbranched alkanes of at least 4 members (excludes halogenated alkanes) is 41. The maximum atomic E-state index is 12.5. The van der Waals surface area contributed by atoms with Gasteiger partial charge in [0.05, 0.1) is 25.4 Å². The first-order chi connectivity index (χ1) is 35.0. The van der Waals surface area contributed by atoms with Crippen LogP contribution in [0.1, 0.15) is 328 Å². The molecule has 2 unspecified atom stereocenters. The number of hydrogen-bond acceptors (Lipinski definition) is 5. The lowest BCUT2D eigenvalue weighted by atomic mass is 10.0. The van der Waals surface area contributed by atoms with Crippen molar-refractivity contribution in [1.29, 1.82) is 0 Å². The zero-order chi connectivity index (χ0) is 51.4. The summed E-state index contributed by atoms with van der Waals surface area (Å²) in [7, 11) is 0. The van der Waals surface area contributed by atoms with Gasteiger partial charge < -0.3 is 20.3 Å². The van der Waals surface area contributed by atoms with Gasteiger partial charge in [0.1, 0.15) is 0 Å². The molecule has 6 nitrogen and oxygen atoms in total. The molecule has 3 N–H and O–H groups in total. The van der Waals surface area contributed by atoms with Gasteiger partial charge in [-0.3, -0.25) is 9.59 Å². The van der Waals surface area contributed by atoms with Gasteiger partial charge in [-0.1, -0.05) is 268 Å². The first-order valence-electron chi connectivity index (χ1n) is 31.4. The number of esters is 1. The van der Waals surface area contributed by atoms with Crippen molar-refractivity contribution in [3.05, 3.63) is 48.6 Å². The quantitative estimate of drug-likeness (QED) is 0.0321. The minimum absolute atomic E-state index is 0.0193. The van der Waals surface area contributed by atoms with Gasteiger partial charge in [-0.25, -0.2) is 0 Å². The van der Waals surface area contributed by atoms with E-state index in [0.717, 1.165) is 83.5 Å². The van der Waals surface area contributed by atoms with E-state index in [9.17, 15) is 19.8 Å². The molecule has 0 aromatic carbocycles. The van der Waals surface area contributed by atoms with E-state index in [2.05, 4.69) is 55.6 Å². The number of allylic oxidation sites excluding steroid dienone is 7. The number of aliphatic hydroxyl groups excluding tert-OH is 2. The molecule has 0 radical (unpaired) electrons. The van der Waals surface area contributed by atoms with Gasteiger partial charge in [-0.15, -0.1) is 0 Å². The molecule has 0 aliphatic carbocycles. The van der Waals surface area contributed by atoms with Crippen molar-refractivity contribution in [3.8, 4) is 0 Å². The highest BCUT2D eigenvalue weighted by Gasteiger charge is 2.18. The van der Waals surface area contributed by atoms with E-state index >= 15 is 0 Å². The van der Waals surface area contributed by atoms with E-state index < -0.39 is 12.1 Å². The number of ether oxygens (including phenoxy) is 1. The number of amides is 1. The van der Waals surface area contributed by atoms with Crippen molar-refractivity contribution in [1.82, 2.24) is 5.32 Å². The molecule has 0 aliphatic rings. The number of rotatable bonds is 58. The maximum Gasteiger partial charge on any atom is 0.305 e. The highest BCUT2D eigenvalue weighted by Crippen LogP contribution is 2.17. The van der Waals surface area contributed by atoms with Crippen LogP contribution in [0.25, 0.3) is 0 Å². The van der Waals surface area contributed by atoms with Gasteiger partial charge >= 0.3 is 5.97 Å². The average Bonchev–Trinajstić information content (AvgIpc) is 3.37. The van der Waals surface area contributed by atoms with Crippen LogP contribution < -0.4 is 5.32 Å². The fraction of sp³-hybridized carbons (Fsp3) is 0.846. The molecule has 0 saturated carbocycles. The number of hydrogen-bond donors (Lipinski definition) is 3. The fourth-order valence-electron chi connectivity index (χ4n) is 9.48. The molecular weight excluding hydrogens is 875 g/mol. The molecule has 0 heterocycles. The zero-order valence-electron chi connectivity index (χ0n) is 47.5. The summed E-state index contributed by atoms with van der Waals surface area (Å²) < 4.78 is 5.47. The van der Waals surface area contributed by atoms with E-state index in [0.29, 0.717) is 19.4 Å². The summed E-state index contributed by atoms with van der Waals surface area (Å²) in [5, 5.41) is 23.2. The molecule has 71 heavy (non-hydrogen) atoms. The van der Waals surface area contributed by atoms with Crippen molar-refractivity contribution < 1.29 is 24.5 Å². The highest BCUT2D eigenvalue weighted by molar-refractivity contribution is 5.76. The van der Waals surface area contributed by atoms with Crippen LogP contribution in [0.5, 0.6) is 0 Å². The van der Waals surface area contributed by atoms with Crippen molar-refractivity contribution in [2.24, 2.45) is 0 Å². The predicted octanol–water partition coefficient (Wildman–Crippen LogP) is 19.7. The van der Waals surface area contributed by atoms with Gasteiger partial charge in [0.2, 0.25) is 5.91 Å². The Morgan fingerprint density at radius 2 is 0.704 bits per heavy atom. The molecule has 416 valence electrons. The van der Waals surface area contributed by atoms with Crippen LogP contribution in [-0.4, -0.2) is 47.4 Å². The Hall–Kier alpha value is -2.18. The molecule has 6 heteroatoms. The Morgan fingerprint density at radius 1 is 0.394 bits per heavy atom. The summed E-state index contributed by atoms with van der Waals surface area (Å²) in [5.41, 5.74) is 0. The van der Waals surface area contributed by atoms with Crippen molar-refractivity contribution in [2.75, 3.05) is 13.2 Å². The molecule has 0 saturated heterocycles. The third-order valence-corrected chi connectivity index (χ3v) is 14.3. The normalized spacial score (nSPS) is 12.9. The summed E-state index contributed by atoms with van der Waals surface area (Å²) in [6, 6.07) is -0.642. The van der Waals surface area contributed by atoms with E-state index in [1.807, 2.05) is 6.08 Å². The summed E-state index contributed by atoms with van der Waals surface area (Å²) >= 11 is 0. The van der Waals surface area contributed by atoms with Crippen LogP contribution in [0.15, 0.2) is 48.6 Å². The lowest BCUT2D eigenvalue weighted by Crippen LogP contribution is -2.45. The van der Waals surface area contributed by atoms with Crippen LogP contribution >= 0.6 is 0 Å². The smallest absolute Gasteiger partial charge is 0.305 e. The van der Waals surface area contributed by atoms with E-state index in [1.54, 1.807) is 6.08 Å². The Labute approximate surface area is 442 Å². The van der Waals surface area contributed by atoms with Gasteiger partial charge in [-0.05, 0) is 96.3 Å². The molecule has 0 aromatic rings. The van der Waals surface area contributed by atoms with Crippen molar-refractivity contribution >= 4 is 11.9 Å².